The molecule has 0 aromatic rings. The molecular weight excluding hydrogens is 266 g/mol. The Balaban J connectivity index is 2.56. The van der Waals surface area contributed by atoms with E-state index < -0.39 is 20.3 Å². The van der Waals surface area contributed by atoms with Crippen molar-refractivity contribution in [2.45, 2.75) is 57.8 Å². The molecule has 8 heteroatoms. The molecule has 0 aromatic heterocycles. The van der Waals surface area contributed by atoms with E-state index in [1.54, 1.807) is 0 Å². The average molecular weight is 291 g/mol. The van der Waals surface area contributed by atoms with Crippen LogP contribution in [0.4, 0.5) is 0 Å². The molecule has 1 aliphatic heterocycles. The highest BCUT2D eigenvalue weighted by Crippen LogP contribution is 2.35. The number of carboxylic acid groups (broad SMARTS) is 1. The number of carbonyl (C=O) groups is 1. The first-order valence-corrected chi connectivity index (χ1v) is 9.39. The summed E-state index contributed by atoms with van der Waals surface area (Å²) in [5, 5.41) is 21.0. The van der Waals surface area contributed by atoms with Crippen LogP contribution in [0.3, 0.4) is 0 Å². The van der Waals surface area contributed by atoms with Gasteiger partial charge in [0.15, 0.2) is 0 Å². The van der Waals surface area contributed by atoms with Crippen molar-refractivity contribution < 1.29 is 19.6 Å². The lowest BCUT2D eigenvalue weighted by Gasteiger charge is -2.38. The molecule has 0 amide bonds. The van der Waals surface area contributed by atoms with Crippen molar-refractivity contribution in [2.75, 3.05) is 6.54 Å². The van der Waals surface area contributed by atoms with E-state index in [0.717, 1.165) is 6.42 Å². The van der Waals surface area contributed by atoms with Gasteiger partial charge < -0.3 is 9.63 Å². The molecule has 1 fully saturated rings. The minimum Gasteiger partial charge on any atom is -0.480 e. The summed E-state index contributed by atoms with van der Waals surface area (Å²) in [4.78, 5) is 11.0. The lowest BCUT2D eigenvalue weighted by atomic mass is 10.2. The Labute approximate surface area is 115 Å². The van der Waals surface area contributed by atoms with Crippen LogP contribution in [0.25, 0.3) is 0 Å². The number of aliphatic carboxylic acids is 1. The minimum atomic E-state index is -2.05. The monoisotopic (exact) mass is 291 g/mol. The number of hydrazine groups is 2. The van der Waals surface area contributed by atoms with Gasteiger partial charge in [-0.25, -0.2) is 0 Å². The summed E-state index contributed by atoms with van der Waals surface area (Å²) < 4.78 is 5.63. The molecule has 0 spiro atoms. The average Bonchev–Trinajstić information content (AvgIpc) is 2.73. The fourth-order valence-corrected chi connectivity index (χ4v) is 2.21. The minimum absolute atomic E-state index is 0.00194. The normalized spacial score (nSPS) is 22.2. The van der Waals surface area contributed by atoms with Crippen LogP contribution in [-0.2, 0) is 9.32 Å². The van der Waals surface area contributed by atoms with E-state index in [2.05, 4.69) is 26.4 Å². The molecule has 1 heterocycles. The van der Waals surface area contributed by atoms with E-state index in [0.29, 0.717) is 18.2 Å². The fraction of sp³-hybridized carbons (Fsp3) is 0.909. The molecule has 0 unspecified atom stereocenters. The molecule has 3 N–H and O–H groups in total. The Morgan fingerprint density at radius 2 is 2.05 bits per heavy atom. The third-order valence-electron chi connectivity index (χ3n) is 3.94. The second-order valence-corrected chi connectivity index (χ2v) is 11.1. The number of nitrogens with one attached hydrogen (secondary N) is 1. The third-order valence-corrected chi connectivity index (χ3v) is 8.16. The van der Waals surface area contributed by atoms with Crippen molar-refractivity contribution in [1.29, 1.82) is 0 Å². The van der Waals surface area contributed by atoms with Gasteiger partial charge in [0, 0.05) is 6.54 Å². The van der Waals surface area contributed by atoms with E-state index >= 15 is 0 Å². The van der Waals surface area contributed by atoms with E-state index in [4.69, 9.17) is 9.63 Å². The number of hydrogen-bond donors (Lipinski definition) is 3. The van der Waals surface area contributed by atoms with Gasteiger partial charge in [-0.05, 0) is 36.3 Å². The summed E-state index contributed by atoms with van der Waals surface area (Å²) in [7, 11) is -2.05. The van der Waals surface area contributed by atoms with Crippen molar-refractivity contribution in [3.8, 4) is 0 Å². The predicted molar refractivity (Wildman–Crippen MR) is 72.4 cm³/mol. The largest absolute Gasteiger partial charge is 0.480 e. The second-order valence-electron chi connectivity index (χ2n) is 6.40. The summed E-state index contributed by atoms with van der Waals surface area (Å²) in [6.45, 7) is 10.8. The van der Waals surface area contributed by atoms with E-state index in [1.165, 1.54) is 5.01 Å². The van der Waals surface area contributed by atoms with Crippen LogP contribution in [0.5, 0.6) is 0 Å². The SMILES string of the molecule is CC(C)(C)[Si](C)(C)ONN(O)N1CCC[C@H]1C(=O)O. The van der Waals surface area contributed by atoms with Gasteiger partial charge in [0.25, 0.3) is 0 Å². The number of hydrogen-bond acceptors (Lipinski definition) is 6. The van der Waals surface area contributed by atoms with Crippen LogP contribution < -0.4 is 5.59 Å². The summed E-state index contributed by atoms with van der Waals surface area (Å²) in [5.41, 5.74) is 2.47. The molecule has 0 radical (unpaired) electrons. The maximum absolute atomic E-state index is 11.0. The van der Waals surface area contributed by atoms with Crippen molar-refractivity contribution in [3.05, 3.63) is 0 Å². The van der Waals surface area contributed by atoms with E-state index in [-0.39, 0.29) is 5.04 Å². The van der Waals surface area contributed by atoms with E-state index in [9.17, 15) is 10.0 Å². The first-order valence-electron chi connectivity index (χ1n) is 6.48. The molecule has 0 aromatic carbocycles. The van der Waals surface area contributed by atoms with Crippen LogP contribution >= 0.6 is 0 Å². The zero-order valence-corrected chi connectivity index (χ0v) is 13.3. The zero-order chi connectivity index (χ0) is 14.8. The molecule has 7 nitrogen and oxygen atoms in total. The number of nitrogens with zero attached hydrogens (tertiary/aromatic N) is 2. The summed E-state index contributed by atoms with van der Waals surface area (Å²) in [5.74, 6) is -0.939. The first-order chi connectivity index (χ1) is 8.56. The molecule has 1 rings (SSSR count). The van der Waals surface area contributed by atoms with Crippen LogP contribution in [0.15, 0.2) is 0 Å². The smallest absolute Gasteiger partial charge is 0.322 e. The standard InChI is InChI=1S/C11H25N3O4Si/c1-11(2,3)19(4,5)18-12-14(17)13-8-6-7-9(13)10(15)16/h9,12,17H,6-8H2,1-5H3,(H,15,16)/t9-/m0/s1. The highest BCUT2D eigenvalue weighted by molar-refractivity contribution is 6.74. The maximum Gasteiger partial charge on any atom is 0.322 e. The Morgan fingerprint density at radius 1 is 1.47 bits per heavy atom. The molecule has 112 valence electrons. The first kappa shape index (κ1) is 16.5. The van der Waals surface area contributed by atoms with Crippen LogP contribution in [0.1, 0.15) is 33.6 Å². The zero-order valence-electron chi connectivity index (χ0n) is 12.3. The van der Waals surface area contributed by atoms with Crippen molar-refractivity contribution in [2.24, 2.45) is 0 Å². The Bertz CT molecular complexity index is 332. The van der Waals surface area contributed by atoms with Crippen molar-refractivity contribution in [3.63, 3.8) is 0 Å². The molecule has 1 aliphatic rings. The van der Waals surface area contributed by atoms with Crippen molar-refractivity contribution in [1.82, 2.24) is 15.9 Å². The summed E-state index contributed by atoms with van der Waals surface area (Å²) in [6, 6.07) is -0.708. The van der Waals surface area contributed by atoms with Gasteiger partial charge in [-0.15, -0.1) is 5.59 Å². The topological polar surface area (TPSA) is 85.3 Å². The lowest BCUT2D eigenvalue weighted by Crippen LogP contribution is -2.57. The quantitative estimate of drug-likeness (QED) is 0.524. The molecule has 1 atom stereocenters. The Hall–Kier alpha value is -0.513. The van der Waals surface area contributed by atoms with E-state index in [1.807, 2.05) is 13.1 Å². The third kappa shape index (κ3) is 3.97. The van der Waals surface area contributed by atoms with Gasteiger partial charge in [-0.1, -0.05) is 20.8 Å². The molecule has 0 bridgehead atoms. The highest BCUT2D eigenvalue weighted by atomic mass is 28.4. The van der Waals surface area contributed by atoms with Crippen LogP contribution in [0.2, 0.25) is 18.1 Å². The highest BCUT2D eigenvalue weighted by Gasteiger charge is 2.40. The number of rotatable bonds is 5. The van der Waals surface area contributed by atoms with Crippen molar-refractivity contribution >= 4 is 14.3 Å². The number of carboxylic acids is 1. The van der Waals surface area contributed by atoms with Gasteiger partial charge in [0.2, 0.25) is 8.32 Å². The van der Waals surface area contributed by atoms with Gasteiger partial charge in [0.05, 0.1) is 0 Å². The molecule has 0 saturated carbocycles. The predicted octanol–water partition coefficient (Wildman–Crippen LogP) is 1.58. The lowest BCUT2D eigenvalue weighted by molar-refractivity contribution is -0.330. The summed E-state index contributed by atoms with van der Waals surface area (Å²) >= 11 is 0. The van der Waals surface area contributed by atoms with Gasteiger partial charge in [-0.2, -0.15) is 5.01 Å². The molecule has 19 heavy (non-hydrogen) atoms. The molecule has 1 saturated heterocycles. The van der Waals surface area contributed by atoms with Crippen LogP contribution in [-0.4, -0.2) is 47.5 Å². The Kier molecular flexibility index (Phi) is 5.10. The van der Waals surface area contributed by atoms with Gasteiger partial charge in [-0.3, -0.25) is 10.0 Å². The summed E-state index contributed by atoms with van der Waals surface area (Å²) in [6.07, 6.45) is 1.25. The molecule has 0 aliphatic carbocycles. The Morgan fingerprint density at radius 3 is 2.53 bits per heavy atom. The van der Waals surface area contributed by atoms with Gasteiger partial charge >= 0.3 is 5.97 Å². The molecular formula is C11H25N3O4Si. The maximum atomic E-state index is 11.0. The second kappa shape index (κ2) is 5.86. The van der Waals surface area contributed by atoms with Crippen LogP contribution in [0, 0.1) is 0 Å². The van der Waals surface area contributed by atoms with Gasteiger partial charge in [0.1, 0.15) is 6.04 Å². The fourth-order valence-electron chi connectivity index (χ4n) is 1.59.